The fraction of sp³-hybridized carbons (Fsp3) is 0.533. The lowest BCUT2D eigenvalue weighted by molar-refractivity contribution is 0.457. The van der Waals surface area contributed by atoms with Crippen LogP contribution in [-0.4, -0.2) is 32.8 Å². The summed E-state index contributed by atoms with van der Waals surface area (Å²) in [5.41, 5.74) is 1.28. The lowest BCUT2D eigenvalue weighted by atomic mass is 10.0. The minimum Gasteiger partial charge on any atom is -0.317 e. The van der Waals surface area contributed by atoms with Gasteiger partial charge in [0.25, 0.3) is 0 Å². The van der Waals surface area contributed by atoms with Crippen LogP contribution in [0.2, 0.25) is 0 Å². The Labute approximate surface area is 120 Å². The quantitative estimate of drug-likeness (QED) is 0.838. The van der Waals surface area contributed by atoms with Crippen LogP contribution in [0.3, 0.4) is 0 Å². The number of hydrogen-bond acceptors (Lipinski definition) is 4. The van der Waals surface area contributed by atoms with Gasteiger partial charge in [-0.25, -0.2) is 9.67 Å². The molecule has 0 radical (unpaired) electrons. The summed E-state index contributed by atoms with van der Waals surface area (Å²) >= 11 is 0. The molecule has 0 bridgehead atoms. The Kier molecular flexibility index (Phi) is 5.24. The van der Waals surface area contributed by atoms with Crippen LogP contribution in [0.4, 0.5) is 0 Å². The molecule has 0 saturated carbocycles. The third-order valence-corrected chi connectivity index (χ3v) is 3.48. The Morgan fingerprint density at radius 2 is 2.20 bits per heavy atom. The molecular formula is C15H23N5. The highest BCUT2D eigenvalue weighted by molar-refractivity contribution is 5.08. The molecule has 0 aliphatic carbocycles. The number of aromatic nitrogens is 4. The monoisotopic (exact) mass is 273 g/mol. The second-order valence-corrected chi connectivity index (χ2v) is 5.30. The molecular weight excluding hydrogens is 250 g/mol. The van der Waals surface area contributed by atoms with Crippen LogP contribution in [0.15, 0.2) is 30.9 Å². The van der Waals surface area contributed by atoms with E-state index in [4.69, 9.17) is 0 Å². The van der Waals surface area contributed by atoms with Crippen molar-refractivity contribution in [3.8, 4) is 0 Å². The molecule has 0 spiro atoms. The zero-order chi connectivity index (χ0) is 14.4. The summed E-state index contributed by atoms with van der Waals surface area (Å²) < 4.78 is 1.99. The second kappa shape index (κ2) is 7.14. The van der Waals surface area contributed by atoms with Crippen molar-refractivity contribution in [2.24, 2.45) is 0 Å². The number of nitrogens with one attached hydrogen (secondary N) is 1. The van der Waals surface area contributed by atoms with E-state index in [0.29, 0.717) is 12.1 Å². The molecule has 0 amide bonds. The van der Waals surface area contributed by atoms with Gasteiger partial charge in [0.2, 0.25) is 0 Å². The zero-order valence-corrected chi connectivity index (χ0v) is 12.5. The van der Waals surface area contributed by atoms with Gasteiger partial charge < -0.3 is 5.32 Å². The van der Waals surface area contributed by atoms with Gasteiger partial charge in [-0.1, -0.05) is 6.07 Å². The van der Waals surface area contributed by atoms with Crippen molar-refractivity contribution in [3.05, 3.63) is 42.2 Å². The summed E-state index contributed by atoms with van der Waals surface area (Å²) in [6, 6.07) is 4.86. The van der Waals surface area contributed by atoms with E-state index in [1.807, 2.05) is 30.2 Å². The van der Waals surface area contributed by atoms with E-state index >= 15 is 0 Å². The topological polar surface area (TPSA) is 55.6 Å². The molecule has 2 aromatic rings. The molecule has 20 heavy (non-hydrogen) atoms. The summed E-state index contributed by atoms with van der Waals surface area (Å²) in [4.78, 5) is 8.53. The predicted octanol–water partition coefficient (Wildman–Crippen LogP) is 2.02. The first-order valence-electron chi connectivity index (χ1n) is 7.15. The molecule has 1 N–H and O–H groups in total. The molecule has 2 rings (SSSR count). The fourth-order valence-electron chi connectivity index (χ4n) is 2.31. The van der Waals surface area contributed by atoms with Gasteiger partial charge in [-0.05, 0) is 45.4 Å². The van der Waals surface area contributed by atoms with E-state index in [-0.39, 0.29) is 0 Å². The number of pyridine rings is 1. The van der Waals surface area contributed by atoms with E-state index in [0.717, 1.165) is 25.1 Å². The van der Waals surface area contributed by atoms with Gasteiger partial charge in [0.05, 0.1) is 0 Å². The SMILES string of the molecule is CNC(CCc1cccnc1)Cc1ncnn1C(C)C. The summed E-state index contributed by atoms with van der Waals surface area (Å²) in [6.07, 6.45) is 8.37. The van der Waals surface area contributed by atoms with Gasteiger partial charge >= 0.3 is 0 Å². The van der Waals surface area contributed by atoms with Crippen molar-refractivity contribution < 1.29 is 0 Å². The summed E-state index contributed by atoms with van der Waals surface area (Å²) in [7, 11) is 2.00. The van der Waals surface area contributed by atoms with Crippen LogP contribution in [-0.2, 0) is 12.8 Å². The van der Waals surface area contributed by atoms with E-state index in [1.165, 1.54) is 5.56 Å². The molecule has 1 atom stereocenters. The lowest BCUT2D eigenvalue weighted by Crippen LogP contribution is -2.29. The Morgan fingerprint density at radius 3 is 2.85 bits per heavy atom. The zero-order valence-electron chi connectivity index (χ0n) is 12.5. The molecule has 0 fully saturated rings. The van der Waals surface area contributed by atoms with Crippen LogP contribution >= 0.6 is 0 Å². The molecule has 0 aliphatic heterocycles. The highest BCUT2D eigenvalue weighted by Gasteiger charge is 2.14. The largest absolute Gasteiger partial charge is 0.317 e. The highest BCUT2D eigenvalue weighted by atomic mass is 15.3. The van der Waals surface area contributed by atoms with Gasteiger partial charge in [0.15, 0.2) is 0 Å². The van der Waals surface area contributed by atoms with E-state index < -0.39 is 0 Å². The van der Waals surface area contributed by atoms with Gasteiger partial charge in [-0.3, -0.25) is 4.98 Å². The van der Waals surface area contributed by atoms with Crippen molar-refractivity contribution in [3.63, 3.8) is 0 Å². The second-order valence-electron chi connectivity index (χ2n) is 5.30. The van der Waals surface area contributed by atoms with Crippen LogP contribution in [0, 0.1) is 0 Å². The summed E-state index contributed by atoms with van der Waals surface area (Å²) in [5, 5.41) is 7.66. The van der Waals surface area contributed by atoms with Gasteiger partial charge in [0.1, 0.15) is 12.2 Å². The Balaban J connectivity index is 1.93. The van der Waals surface area contributed by atoms with Gasteiger partial charge in [-0.2, -0.15) is 5.10 Å². The van der Waals surface area contributed by atoms with E-state index in [9.17, 15) is 0 Å². The first-order chi connectivity index (χ1) is 9.70. The van der Waals surface area contributed by atoms with E-state index in [1.54, 1.807) is 6.33 Å². The van der Waals surface area contributed by atoms with E-state index in [2.05, 4.69) is 40.3 Å². The third-order valence-electron chi connectivity index (χ3n) is 3.48. The number of likely N-dealkylation sites (N-methyl/N-ethyl adjacent to an activating group) is 1. The standard InChI is InChI=1S/C15H23N5/c1-12(2)20-15(18-11-19-20)9-14(16-3)7-6-13-5-4-8-17-10-13/h4-5,8,10-12,14,16H,6-7,9H2,1-3H3. The predicted molar refractivity (Wildman–Crippen MR) is 79.5 cm³/mol. The maximum Gasteiger partial charge on any atom is 0.138 e. The van der Waals surface area contributed by atoms with Crippen LogP contribution < -0.4 is 5.32 Å². The molecule has 0 aromatic carbocycles. The number of nitrogens with zero attached hydrogens (tertiary/aromatic N) is 4. The highest BCUT2D eigenvalue weighted by Crippen LogP contribution is 2.11. The molecule has 1 unspecified atom stereocenters. The Bertz CT molecular complexity index is 506. The molecule has 0 saturated heterocycles. The third kappa shape index (κ3) is 3.87. The lowest BCUT2D eigenvalue weighted by Gasteiger charge is -2.17. The number of rotatable bonds is 7. The molecule has 2 heterocycles. The molecule has 108 valence electrons. The van der Waals surface area contributed by atoms with Crippen molar-refractivity contribution >= 4 is 0 Å². The Hall–Kier alpha value is -1.75. The average Bonchev–Trinajstić information content (AvgIpc) is 2.93. The summed E-state index contributed by atoms with van der Waals surface area (Å²) in [6.45, 7) is 4.25. The number of aryl methyl sites for hydroxylation is 1. The molecule has 2 aromatic heterocycles. The molecule has 5 nitrogen and oxygen atoms in total. The van der Waals surface area contributed by atoms with Crippen LogP contribution in [0.5, 0.6) is 0 Å². The van der Waals surface area contributed by atoms with Crippen molar-refractivity contribution in [1.29, 1.82) is 0 Å². The Morgan fingerprint density at radius 1 is 1.35 bits per heavy atom. The van der Waals surface area contributed by atoms with Gasteiger partial charge in [-0.15, -0.1) is 0 Å². The minimum atomic E-state index is 0.350. The average molecular weight is 273 g/mol. The van der Waals surface area contributed by atoms with Crippen molar-refractivity contribution in [1.82, 2.24) is 25.1 Å². The molecule has 0 aliphatic rings. The van der Waals surface area contributed by atoms with Gasteiger partial charge in [0, 0.05) is 30.9 Å². The van der Waals surface area contributed by atoms with Crippen molar-refractivity contribution in [2.45, 2.75) is 45.2 Å². The summed E-state index contributed by atoms with van der Waals surface area (Å²) in [5.74, 6) is 1.05. The normalized spacial score (nSPS) is 12.8. The molecule has 5 heteroatoms. The fourth-order valence-corrected chi connectivity index (χ4v) is 2.31. The maximum atomic E-state index is 4.38. The maximum absolute atomic E-state index is 4.38. The van der Waals surface area contributed by atoms with Crippen LogP contribution in [0.1, 0.15) is 37.7 Å². The first kappa shape index (κ1) is 14.7. The minimum absolute atomic E-state index is 0.350. The van der Waals surface area contributed by atoms with Crippen LogP contribution in [0.25, 0.3) is 0 Å². The van der Waals surface area contributed by atoms with Crippen molar-refractivity contribution in [2.75, 3.05) is 7.05 Å². The first-order valence-corrected chi connectivity index (χ1v) is 7.15. The number of hydrogen-bond donors (Lipinski definition) is 1. The smallest absolute Gasteiger partial charge is 0.138 e.